The fourth-order valence-electron chi connectivity index (χ4n) is 4.02. The van der Waals surface area contributed by atoms with Gasteiger partial charge in [0.1, 0.15) is 5.75 Å². The summed E-state index contributed by atoms with van der Waals surface area (Å²) in [6.45, 7) is 0. The van der Waals surface area contributed by atoms with E-state index in [1.54, 1.807) is 13.2 Å². The van der Waals surface area contributed by atoms with Crippen LogP contribution < -0.4 is 10.1 Å². The average molecular weight is 357 g/mol. The van der Waals surface area contributed by atoms with E-state index in [0.717, 1.165) is 12.0 Å². The van der Waals surface area contributed by atoms with E-state index in [1.165, 1.54) is 6.07 Å². The van der Waals surface area contributed by atoms with E-state index in [-0.39, 0.29) is 28.5 Å². The molecule has 0 radical (unpaired) electrons. The smallest absolute Gasteiger partial charge is 0.275 e. The molecule has 6 heteroatoms. The number of nitro groups is 1. The largest absolute Gasteiger partial charge is 0.495 e. The van der Waals surface area contributed by atoms with E-state index in [9.17, 15) is 10.1 Å². The Labute approximate surface area is 150 Å². The molecule has 1 aliphatic heterocycles. The first-order chi connectivity index (χ1) is 12.1. The number of fused-ring (bicyclic) bond motifs is 3. The minimum atomic E-state index is -0.317. The number of rotatable bonds is 3. The number of allylic oxidation sites excluding steroid dienone is 2. The summed E-state index contributed by atoms with van der Waals surface area (Å²) in [6.07, 6.45) is 5.05. The molecule has 1 heterocycles. The number of nitrogens with zero attached hydrogens (tertiary/aromatic N) is 1. The Balaban J connectivity index is 1.89. The van der Waals surface area contributed by atoms with Crippen molar-refractivity contribution in [2.24, 2.45) is 5.92 Å². The molecular weight excluding hydrogens is 340 g/mol. The number of benzene rings is 2. The molecular formula is C19H17ClN2O3. The number of hydrogen-bond donors (Lipinski definition) is 1. The number of methoxy groups -OCH3 is 1. The number of ether oxygens (including phenoxy) is 1. The van der Waals surface area contributed by atoms with Gasteiger partial charge in [-0.1, -0.05) is 35.9 Å². The van der Waals surface area contributed by atoms with E-state index in [1.807, 2.05) is 24.3 Å². The second kappa shape index (κ2) is 6.08. The van der Waals surface area contributed by atoms with E-state index in [2.05, 4.69) is 17.5 Å². The molecule has 0 saturated carbocycles. The van der Waals surface area contributed by atoms with Crippen LogP contribution in [0.15, 0.2) is 48.6 Å². The second-order valence-electron chi connectivity index (χ2n) is 6.36. The number of halogens is 1. The summed E-state index contributed by atoms with van der Waals surface area (Å²) in [6, 6.07) is 11.0. The maximum absolute atomic E-state index is 11.6. The summed E-state index contributed by atoms with van der Waals surface area (Å²) < 4.78 is 5.47. The Morgan fingerprint density at radius 1 is 1.32 bits per heavy atom. The van der Waals surface area contributed by atoms with Crippen molar-refractivity contribution in [2.45, 2.75) is 18.4 Å². The van der Waals surface area contributed by atoms with Gasteiger partial charge in [0.25, 0.3) is 5.69 Å². The van der Waals surface area contributed by atoms with Crippen LogP contribution in [0, 0.1) is 16.0 Å². The van der Waals surface area contributed by atoms with Crippen LogP contribution in [-0.2, 0) is 0 Å². The SMILES string of the molecule is COc1ccc([N+](=O)[O-])c2c1N[C@H](c1cccc(Cl)c1)[C@H]1CC=C[C@@H]21. The summed E-state index contributed by atoms with van der Waals surface area (Å²) in [4.78, 5) is 11.2. The Bertz CT molecular complexity index is 881. The van der Waals surface area contributed by atoms with Crippen LogP contribution in [0.1, 0.15) is 29.5 Å². The minimum Gasteiger partial charge on any atom is -0.495 e. The summed E-state index contributed by atoms with van der Waals surface area (Å²) in [7, 11) is 1.58. The molecule has 1 N–H and O–H groups in total. The molecule has 25 heavy (non-hydrogen) atoms. The van der Waals surface area contributed by atoms with Crippen LogP contribution in [0.25, 0.3) is 0 Å². The van der Waals surface area contributed by atoms with Gasteiger partial charge in [0, 0.05) is 17.0 Å². The molecule has 0 aromatic heterocycles. The van der Waals surface area contributed by atoms with Gasteiger partial charge >= 0.3 is 0 Å². The second-order valence-corrected chi connectivity index (χ2v) is 6.80. The summed E-state index contributed by atoms with van der Waals surface area (Å²) >= 11 is 6.18. The van der Waals surface area contributed by atoms with E-state index >= 15 is 0 Å². The van der Waals surface area contributed by atoms with Crippen molar-refractivity contribution in [3.63, 3.8) is 0 Å². The lowest BCUT2D eigenvalue weighted by Crippen LogP contribution is -2.30. The Morgan fingerprint density at radius 3 is 2.88 bits per heavy atom. The topological polar surface area (TPSA) is 64.4 Å². The van der Waals surface area contributed by atoms with E-state index in [4.69, 9.17) is 16.3 Å². The van der Waals surface area contributed by atoms with Crippen molar-refractivity contribution >= 4 is 23.0 Å². The molecule has 3 atom stereocenters. The first kappa shape index (κ1) is 16.0. The molecule has 2 aromatic rings. The van der Waals surface area contributed by atoms with Gasteiger partial charge < -0.3 is 10.1 Å². The monoisotopic (exact) mass is 356 g/mol. The highest BCUT2D eigenvalue weighted by molar-refractivity contribution is 6.30. The third-order valence-corrected chi connectivity index (χ3v) is 5.32. The Hall–Kier alpha value is -2.53. The molecule has 1 aliphatic carbocycles. The number of nitrogens with one attached hydrogen (secondary N) is 1. The third kappa shape index (κ3) is 2.55. The molecule has 2 aliphatic rings. The predicted molar refractivity (Wildman–Crippen MR) is 97.5 cm³/mol. The lowest BCUT2D eigenvalue weighted by atomic mass is 9.76. The average Bonchev–Trinajstić information content (AvgIpc) is 3.09. The van der Waals surface area contributed by atoms with Crippen molar-refractivity contribution in [1.29, 1.82) is 0 Å². The molecule has 128 valence electrons. The van der Waals surface area contributed by atoms with Crippen molar-refractivity contribution in [3.8, 4) is 5.75 Å². The molecule has 0 amide bonds. The summed E-state index contributed by atoms with van der Waals surface area (Å²) in [5.74, 6) is 0.805. The van der Waals surface area contributed by atoms with Crippen molar-refractivity contribution in [2.75, 3.05) is 12.4 Å². The zero-order chi connectivity index (χ0) is 17.6. The Kier molecular flexibility index (Phi) is 3.88. The lowest BCUT2D eigenvalue weighted by Gasteiger charge is -2.37. The number of anilines is 1. The van der Waals surface area contributed by atoms with Gasteiger partial charge in [-0.05, 0) is 36.1 Å². The van der Waals surface area contributed by atoms with Crippen LogP contribution >= 0.6 is 11.6 Å². The minimum absolute atomic E-state index is 0.0158. The normalized spacial score (nSPS) is 23.5. The van der Waals surface area contributed by atoms with Gasteiger partial charge in [-0.15, -0.1) is 0 Å². The van der Waals surface area contributed by atoms with Gasteiger partial charge in [-0.2, -0.15) is 0 Å². The van der Waals surface area contributed by atoms with Crippen LogP contribution in [0.5, 0.6) is 5.75 Å². The van der Waals surface area contributed by atoms with E-state index < -0.39 is 0 Å². The van der Waals surface area contributed by atoms with Crippen LogP contribution in [0.2, 0.25) is 5.02 Å². The van der Waals surface area contributed by atoms with Crippen LogP contribution in [0.4, 0.5) is 11.4 Å². The van der Waals surface area contributed by atoms with Crippen LogP contribution in [-0.4, -0.2) is 12.0 Å². The van der Waals surface area contributed by atoms with Gasteiger partial charge in [0.15, 0.2) is 0 Å². The maximum atomic E-state index is 11.6. The predicted octanol–water partition coefficient (Wildman–Crippen LogP) is 5.08. The van der Waals surface area contributed by atoms with Gasteiger partial charge in [-0.25, -0.2) is 0 Å². The van der Waals surface area contributed by atoms with Crippen LogP contribution in [0.3, 0.4) is 0 Å². The number of hydrogen-bond acceptors (Lipinski definition) is 4. The quantitative estimate of drug-likeness (QED) is 0.473. The highest BCUT2D eigenvalue weighted by Gasteiger charge is 2.42. The summed E-state index contributed by atoms with van der Waals surface area (Å²) in [5.41, 5.74) is 2.62. The molecule has 0 spiro atoms. The fourth-order valence-corrected chi connectivity index (χ4v) is 4.22. The molecule has 0 bridgehead atoms. The Morgan fingerprint density at radius 2 is 2.16 bits per heavy atom. The zero-order valence-corrected chi connectivity index (χ0v) is 14.4. The molecule has 2 aromatic carbocycles. The zero-order valence-electron chi connectivity index (χ0n) is 13.6. The van der Waals surface area contributed by atoms with Crippen molar-refractivity contribution in [3.05, 3.63) is 74.8 Å². The first-order valence-corrected chi connectivity index (χ1v) is 8.52. The molecule has 4 rings (SSSR count). The molecule has 0 saturated heterocycles. The van der Waals surface area contributed by atoms with Crippen molar-refractivity contribution in [1.82, 2.24) is 0 Å². The third-order valence-electron chi connectivity index (χ3n) is 5.08. The lowest BCUT2D eigenvalue weighted by molar-refractivity contribution is -0.385. The van der Waals surface area contributed by atoms with Crippen molar-refractivity contribution < 1.29 is 9.66 Å². The van der Waals surface area contributed by atoms with Gasteiger partial charge in [-0.3, -0.25) is 10.1 Å². The fraction of sp³-hybridized carbons (Fsp3) is 0.263. The highest BCUT2D eigenvalue weighted by atomic mass is 35.5. The van der Waals surface area contributed by atoms with Gasteiger partial charge in [0.2, 0.25) is 0 Å². The van der Waals surface area contributed by atoms with Gasteiger partial charge in [0.05, 0.1) is 29.3 Å². The highest BCUT2D eigenvalue weighted by Crippen LogP contribution is 2.54. The first-order valence-electron chi connectivity index (χ1n) is 8.14. The standard InChI is InChI=1S/C19H17ClN2O3/c1-25-16-9-8-15(22(23)24)17-13-6-3-7-14(13)18(21-19(16)17)11-4-2-5-12(20)10-11/h2-6,8-10,13-14,18,21H,7H2,1H3/t13-,14+,18-/m1/s1. The number of nitro benzene ring substituents is 1. The molecule has 5 nitrogen and oxygen atoms in total. The summed E-state index contributed by atoms with van der Waals surface area (Å²) in [5, 5.41) is 15.7. The molecule has 0 unspecified atom stereocenters. The maximum Gasteiger partial charge on any atom is 0.275 e. The molecule has 0 fully saturated rings. The van der Waals surface area contributed by atoms with E-state index in [0.29, 0.717) is 22.0 Å².